The number of para-hydroxylation sites is 1. The second-order valence-corrected chi connectivity index (χ2v) is 6.55. The Morgan fingerprint density at radius 1 is 0.808 bits per heavy atom. The molecule has 1 fully saturated rings. The lowest BCUT2D eigenvalue weighted by Gasteiger charge is -2.20. The van der Waals surface area contributed by atoms with Crippen LogP contribution >= 0.6 is 0 Å². The molecular formula is C21H25N3O2. The van der Waals surface area contributed by atoms with Gasteiger partial charge in [-0.2, -0.15) is 0 Å². The average Bonchev–Trinajstić information content (AvgIpc) is 2.96. The van der Waals surface area contributed by atoms with Crippen LogP contribution in [0.1, 0.15) is 36.0 Å². The zero-order valence-corrected chi connectivity index (χ0v) is 14.9. The minimum absolute atomic E-state index is 0.0975. The Bertz CT molecular complexity index is 721. The van der Waals surface area contributed by atoms with Crippen molar-refractivity contribution in [3.63, 3.8) is 0 Å². The number of hydrogen-bond acceptors (Lipinski definition) is 3. The molecule has 1 aliphatic rings. The van der Waals surface area contributed by atoms with E-state index in [1.165, 1.54) is 12.8 Å². The summed E-state index contributed by atoms with van der Waals surface area (Å²) in [5.74, 6) is -0.0128. The van der Waals surface area contributed by atoms with Crippen LogP contribution in [0.5, 0.6) is 0 Å². The maximum absolute atomic E-state index is 12.6. The van der Waals surface area contributed by atoms with Crippen molar-refractivity contribution in [3.05, 3.63) is 60.2 Å². The van der Waals surface area contributed by atoms with Crippen LogP contribution < -0.4 is 10.6 Å². The molecule has 0 unspecified atom stereocenters. The predicted octanol–water partition coefficient (Wildman–Crippen LogP) is 3.75. The second-order valence-electron chi connectivity index (χ2n) is 6.55. The van der Waals surface area contributed by atoms with Gasteiger partial charge in [-0.1, -0.05) is 31.0 Å². The standard InChI is InChI=1S/C21H25N3O2/c25-20(23-19-8-4-3-5-9-19)16-22-18-12-10-17(11-13-18)21(26)24-14-6-1-2-7-15-24/h3-5,8-13,22H,1-2,6-7,14-16H2,(H,23,25). The fraction of sp³-hybridized carbons (Fsp3) is 0.333. The normalized spacial score (nSPS) is 14.4. The Kier molecular flexibility index (Phi) is 6.25. The number of anilines is 2. The average molecular weight is 351 g/mol. The molecule has 0 aliphatic carbocycles. The SMILES string of the molecule is O=C(CNc1ccc(C(=O)N2CCCCCC2)cc1)Nc1ccccc1. The zero-order valence-electron chi connectivity index (χ0n) is 14.9. The lowest BCUT2D eigenvalue weighted by Crippen LogP contribution is -2.31. The number of nitrogens with one attached hydrogen (secondary N) is 2. The third kappa shape index (κ3) is 5.09. The largest absolute Gasteiger partial charge is 0.376 e. The lowest BCUT2D eigenvalue weighted by molar-refractivity contribution is -0.114. The van der Waals surface area contributed by atoms with Gasteiger partial charge in [-0.25, -0.2) is 0 Å². The number of benzene rings is 2. The first kappa shape index (κ1) is 18.0. The van der Waals surface area contributed by atoms with E-state index in [-0.39, 0.29) is 18.4 Å². The van der Waals surface area contributed by atoms with Crippen molar-refractivity contribution in [2.45, 2.75) is 25.7 Å². The van der Waals surface area contributed by atoms with Gasteiger partial charge < -0.3 is 15.5 Å². The molecule has 2 amide bonds. The van der Waals surface area contributed by atoms with Crippen LogP contribution in [0, 0.1) is 0 Å². The van der Waals surface area contributed by atoms with Crippen molar-refractivity contribution >= 4 is 23.2 Å². The summed E-state index contributed by atoms with van der Waals surface area (Å²) in [5, 5.41) is 5.91. The van der Waals surface area contributed by atoms with E-state index in [2.05, 4.69) is 10.6 Å². The number of carbonyl (C=O) groups is 2. The molecule has 3 rings (SSSR count). The number of hydrogen-bond donors (Lipinski definition) is 2. The number of carbonyl (C=O) groups excluding carboxylic acids is 2. The van der Waals surface area contributed by atoms with Gasteiger partial charge in [0.1, 0.15) is 0 Å². The topological polar surface area (TPSA) is 61.4 Å². The zero-order chi connectivity index (χ0) is 18.2. The number of rotatable bonds is 5. The Balaban J connectivity index is 1.51. The number of nitrogens with zero attached hydrogens (tertiary/aromatic N) is 1. The van der Waals surface area contributed by atoms with Crippen molar-refractivity contribution < 1.29 is 9.59 Å². The van der Waals surface area contributed by atoms with Gasteiger partial charge >= 0.3 is 0 Å². The molecule has 2 aromatic rings. The molecule has 0 bridgehead atoms. The van der Waals surface area contributed by atoms with Crippen molar-refractivity contribution in [2.75, 3.05) is 30.3 Å². The summed E-state index contributed by atoms with van der Waals surface area (Å²) in [6.07, 6.45) is 4.58. The van der Waals surface area contributed by atoms with Gasteiger partial charge in [-0.05, 0) is 49.2 Å². The van der Waals surface area contributed by atoms with Crippen molar-refractivity contribution in [1.82, 2.24) is 4.90 Å². The Morgan fingerprint density at radius 3 is 2.12 bits per heavy atom. The van der Waals surface area contributed by atoms with Crippen LogP contribution in [0.3, 0.4) is 0 Å². The van der Waals surface area contributed by atoms with E-state index in [1.54, 1.807) is 0 Å². The molecular weight excluding hydrogens is 326 g/mol. The van der Waals surface area contributed by atoms with Crippen LogP contribution in [0.25, 0.3) is 0 Å². The fourth-order valence-corrected chi connectivity index (χ4v) is 3.10. The summed E-state index contributed by atoms with van der Waals surface area (Å²) in [7, 11) is 0. The van der Waals surface area contributed by atoms with Gasteiger partial charge in [0.2, 0.25) is 5.91 Å². The highest BCUT2D eigenvalue weighted by molar-refractivity contribution is 5.95. The highest BCUT2D eigenvalue weighted by atomic mass is 16.2. The van der Waals surface area contributed by atoms with Gasteiger partial charge in [-0.3, -0.25) is 9.59 Å². The first-order chi connectivity index (χ1) is 12.7. The smallest absolute Gasteiger partial charge is 0.253 e. The van der Waals surface area contributed by atoms with Crippen LogP contribution in [-0.2, 0) is 4.79 Å². The summed E-state index contributed by atoms with van der Waals surface area (Å²) in [6.45, 7) is 1.87. The van der Waals surface area contributed by atoms with Crippen LogP contribution in [-0.4, -0.2) is 36.3 Å². The minimum Gasteiger partial charge on any atom is -0.376 e. The predicted molar refractivity (Wildman–Crippen MR) is 104 cm³/mol. The van der Waals surface area contributed by atoms with Gasteiger partial charge in [0.05, 0.1) is 6.54 Å². The number of amides is 2. The first-order valence-corrected chi connectivity index (χ1v) is 9.20. The Labute approximate surface area is 154 Å². The van der Waals surface area contributed by atoms with E-state index < -0.39 is 0 Å². The van der Waals surface area contributed by atoms with E-state index in [4.69, 9.17) is 0 Å². The van der Waals surface area contributed by atoms with Gasteiger partial charge in [-0.15, -0.1) is 0 Å². The molecule has 5 heteroatoms. The molecule has 2 N–H and O–H groups in total. The van der Waals surface area contributed by atoms with Crippen molar-refractivity contribution in [3.8, 4) is 0 Å². The summed E-state index contributed by atoms with van der Waals surface area (Å²) in [4.78, 5) is 26.5. The van der Waals surface area contributed by atoms with Crippen LogP contribution in [0.15, 0.2) is 54.6 Å². The summed E-state index contributed by atoms with van der Waals surface area (Å²) in [5.41, 5.74) is 2.30. The van der Waals surface area contributed by atoms with E-state index in [1.807, 2.05) is 59.5 Å². The van der Waals surface area contributed by atoms with Crippen LogP contribution in [0.2, 0.25) is 0 Å². The summed E-state index contributed by atoms with van der Waals surface area (Å²) in [6, 6.07) is 16.7. The van der Waals surface area contributed by atoms with E-state index in [0.717, 1.165) is 37.3 Å². The number of likely N-dealkylation sites (tertiary alicyclic amines) is 1. The molecule has 0 radical (unpaired) electrons. The Hall–Kier alpha value is -2.82. The molecule has 0 atom stereocenters. The van der Waals surface area contributed by atoms with Gasteiger partial charge in [0, 0.05) is 30.0 Å². The van der Waals surface area contributed by atoms with Crippen molar-refractivity contribution in [2.24, 2.45) is 0 Å². The highest BCUT2D eigenvalue weighted by Gasteiger charge is 2.17. The first-order valence-electron chi connectivity index (χ1n) is 9.20. The maximum atomic E-state index is 12.6. The molecule has 0 aromatic heterocycles. The molecule has 136 valence electrons. The third-order valence-corrected chi connectivity index (χ3v) is 4.54. The Morgan fingerprint density at radius 2 is 1.46 bits per heavy atom. The van der Waals surface area contributed by atoms with E-state index in [9.17, 15) is 9.59 Å². The highest BCUT2D eigenvalue weighted by Crippen LogP contribution is 2.15. The molecule has 1 heterocycles. The van der Waals surface area contributed by atoms with Crippen molar-refractivity contribution in [1.29, 1.82) is 0 Å². The van der Waals surface area contributed by atoms with Gasteiger partial charge in [0.15, 0.2) is 0 Å². The maximum Gasteiger partial charge on any atom is 0.253 e. The quantitative estimate of drug-likeness (QED) is 0.862. The fourth-order valence-electron chi connectivity index (χ4n) is 3.10. The molecule has 0 spiro atoms. The summed E-state index contributed by atoms with van der Waals surface area (Å²) < 4.78 is 0. The van der Waals surface area contributed by atoms with Gasteiger partial charge in [0.25, 0.3) is 5.91 Å². The molecule has 2 aromatic carbocycles. The molecule has 1 aliphatic heterocycles. The van der Waals surface area contributed by atoms with Crippen LogP contribution in [0.4, 0.5) is 11.4 Å². The second kappa shape index (κ2) is 9.04. The molecule has 26 heavy (non-hydrogen) atoms. The monoisotopic (exact) mass is 351 g/mol. The molecule has 1 saturated heterocycles. The molecule has 0 saturated carbocycles. The lowest BCUT2D eigenvalue weighted by atomic mass is 10.1. The molecule has 5 nitrogen and oxygen atoms in total. The summed E-state index contributed by atoms with van der Waals surface area (Å²) >= 11 is 0. The van der Waals surface area contributed by atoms with E-state index >= 15 is 0 Å². The van der Waals surface area contributed by atoms with E-state index in [0.29, 0.717) is 5.56 Å². The minimum atomic E-state index is -0.110. The third-order valence-electron chi connectivity index (χ3n) is 4.54.